The second kappa shape index (κ2) is 5.47. The molecule has 0 aliphatic rings. The molecule has 0 unspecified atom stereocenters. The molecule has 0 radical (unpaired) electrons. The number of carboxylic acid groups (broad SMARTS) is 1. The van der Waals surface area contributed by atoms with E-state index in [0.29, 0.717) is 11.3 Å². The second-order valence-corrected chi connectivity index (χ2v) is 4.02. The number of nitrogens with zero attached hydrogens (tertiary/aromatic N) is 2. The van der Waals surface area contributed by atoms with Crippen molar-refractivity contribution in [3.63, 3.8) is 0 Å². The Morgan fingerprint density at radius 2 is 2.16 bits per heavy atom. The molecule has 0 bridgehead atoms. The third kappa shape index (κ3) is 3.51. The zero-order valence-corrected chi connectivity index (χ0v) is 9.97. The summed E-state index contributed by atoms with van der Waals surface area (Å²) in [6, 6.07) is 2.81. The van der Waals surface area contributed by atoms with Gasteiger partial charge in [-0.15, -0.1) is 0 Å². The van der Waals surface area contributed by atoms with Crippen molar-refractivity contribution in [2.75, 3.05) is 6.54 Å². The number of fused-ring (bicyclic) bond motifs is 1. The minimum absolute atomic E-state index is 0.0307. The summed E-state index contributed by atoms with van der Waals surface area (Å²) < 4.78 is 14.5. The number of carboxylic acids is 1. The molecule has 0 aliphatic carbocycles. The van der Waals surface area contributed by atoms with E-state index >= 15 is 0 Å². The number of aromatic nitrogens is 2. The fraction of sp³-hybridized carbons (Fsp3) is 0.250. The van der Waals surface area contributed by atoms with Gasteiger partial charge >= 0.3 is 5.97 Å². The Kier molecular flexibility index (Phi) is 3.74. The van der Waals surface area contributed by atoms with Crippen LogP contribution in [0.2, 0.25) is 0 Å². The molecule has 100 valence electrons. The van der Waals surface area contributed by atoms with Crippen LogP contribution >= 0.6 is 0 Å². The standard InChI is InChI=1S/C12H12FN3O3/c13-8-1-2-10-15-9(7-16(10)6-8)5-11(17)14-4-3-12(18)19/h1-2,6-7H,3-5H2,(H,14,17)(H,18,19). The Labute approximate surface area is 107 Å². The van der Waals surface area contributed by atoms with Gasteiger partial charge in [-0.2, -0.15) is 0 Å². The summed E-state index contributed by atoms with van der Waals surface area (Å²) in [5.41, 5.74) is 1.05. The smallest absolute Gasteiger partial charge is 0.305 e. The lowest BCUT2D eigenvalue weighted by Crippen LogP contribution is -2.27. The first-order valence-corrected chi connectivity index (χ1v) is 5.66. The van der Waals surface area contributed by atoms with E-state index in [-0.39, 0.29) is 31.1 Å². The fourth-order valence-corrected chi connectivity index (χ4v) is 1.64. The maximum absolute atomic E-state index is 13.0. The highest BCUT2D eigenvalue weighted by Crippen LogP contribution is 2.07. The van der Waals surface area contributed by atoms with E-state index in [1.54, 1.807) is 6.20 Å². The van der Waals surface area contributed by atoms with Gasteiger partial charge in [-0.25, -0.2) is 9.37 Å². The van der Waals surface area contributed by atoms with Gasteiger partial charge in [0.25, 0.3) is 0 Å². The van der Waals surface area contributed by atoms with Crippen LogP contribution in [-0.2, 0) is 16.0 Å². The minimum Gasteiger partial charge on any atom is -0.481 e. The molecular formula is C12H12FN3O3. The average Bonchev–Trinajstić information content (AvgIpc) is 2.69. The Bertz CT molecular complexity index is 624. The lowest BCUT2D eigenvalue weighted by Gasteiger charge is -2.00. The molecule has 2 heterocycles. The van der Waals surface area contributed by atoms with Crippen LogP contribution in [0.1, 0.15) is 12.1 Å². The monoisotopic (exact) mass is 265 g/mol. The first-order valence-electron chi connectivity index (χ1n) is 5.66. The summed E-state index contributed by atoms with van der Waals surface area (Å²) >= 11 is 0. The molecule has 7 heteroatoms. The summed E-state index contributed by atoms with van der Waals surface area (Å²) in [7, 11) is 0. The van der Waals surface area contributed by atoms with E-state index in [0.717, 1.165) is 0 Å². The number of imidazole rings is 1. The Balaban J connectivity index is 1.97. The van der Waals surface area contributed by atoms with Crippen LogP contribution < -0.4 is 5.32 Å². The summed E-state index contributed by atoms with van der Waals surface area (Å²) in [5, 5.41) is 10.9. The number of halogens is 1. The number of aliphatic carboxylic acids is 1. The molecule has 2 aromatic heterocycles. The highest BCUT2D eigenvalue weighted by atomic mass is 19.1. The number of pyridine rings is 1. The van der Waals surface area contributed by atoms with Crippen LogP contribution in [-0.4, -0.2) is 32.9 Å². The van der Waals surface area contributed by atoms with E-state index in [2.05, 4.69) is 10.3 Å². The zero-order valence-electron chi connectivity index (χ0n) is 9.97. The van der Waals surface area contributed by atoms with E-state index in [1.807, 2.05) is 0 Å². The molecule has 0 atom stereocenters. The molecule has 0 aliphatic heterocycles. The van der Waals surface area contributed by atoms with Gasteiger partial charge in [-0.05, 0) is 12.1 Å². The van der Waals surface area contributed by atoms with Crippen molar-refractivity contribution in [1.82, 2.24) is 14.7 Å². The predicted octanol–water partition coefficient (Wildman–Crippen LogP) is 0.607. The Hall–Kier alpha value is -2.44. The zero-order chi connectivity index (χ0) is 13.8. The van der Waals surface area contributed by atoms with Gasteiger partial charge in [-0.1, -0.05) is 0 Å². The maximum Gasteiger partial charge on any atom is 0.305 e. The number of nitrogens with one attached hydrogen (secondary N) is 1. The number of hydrogen-bond acceptors (Lipinski definition) is 3. The maximum atomic E-state index is 13.0. The molecule has 0 saturated carbocycles. The molecule has 19 heavy (non-hydrogen) atoms. The first-order chi connectivity index (χ1) is 9.04. The highest BCUT2D eigenvalue weighted by molar-refractivity contribution is 5.78. The van der Waals surface area contributed by atoms with E-state index in [4.69, 9.17) is 5.11 Å². The van der Waals surface area contributed by atoms with Crippen molar-refractivity contribution < 1.29 is 19.1 Å². The predicted molar refractivity (Wildman–Crippen MR) is 64.1 cm³/mol. The summed E-state index contributed by atoms with van der Waals surface area (Å²) in [6.45, 7) is 0.0795. The van der Waals surface area contributed by atoms with Crippen molar-refractivity contribution in [2.24, 2.45) is 0 Å². The van der Waals surface area contributed by atoms with Gasteiger partial charge < -0.3 is 14.8 Å². The summed E-state index contributed by atoms with van der Waals surface area (Å²) in [4.78, 5) is 26.0. The van der Waals surface area contributed by atoms with Gasteiger partial charge in [0.1, 0.15) is 11.5 Å². The molecule has 2 rings (SSSR count). The van der Waals surface area contributed by atoms with Crippen molar-refractivity contribution in [3.8, 4) is 0 Å². The highest BCUT2D eigenvalue weighted by Gasteiger charge is 2.08. The van der Waals surface area contributed by atoms with Gasteiger partial charge in [-0.3, -0.25) is 9.59 Å². The third-order valence-electron chi connectivity index (χ3n) is 2.47. The average molecular weight is 265 g/mol. The van der Waals surface area contributed by atoms with Crippen molar-refractivity contribution in [1.29, 1.82) is 0 Å². The molecule has 1 amide bonds. The van der Waals surface area contributed by atoms with Gasteiger partial charge in [0.05, 0.1) is 18.5 Å². The third-order valence-corrected chi connectivity index (χ3v) is 2.47. The molecule has 0 spiro atoms. The lowest BCUT2D eigenvalue weighted by molar-refractivity contribution is -0.136. The van der Waals surface area contributed by atoms with Crippen LogP contribution in [0.3, 0.4) is 0 Å². The van der Waals surface area contributed by atoms with Crippen LogP contribution in [0.4, 0.5) is 4.39 Å². The lowest BCUT2D eigenvalue weighted by atomic mass is 10.3. The number of amides is 1. The molecule has 2 N–H and O–H groups in total. The summed E-state index contributed by atoms with van der Waals surface area (Å²) in [5.74, 6) is -1.67. The van der Waals surface area contributed by atoms with Crippen molar-refractivity contribution >= 4 is 17.5 Å². The molecule has 2 aromatic rings. The SMILES string of the molecule is O=C(O)CCNC(=O)Cc1cn2cc(F)ccc2n1. The van der Waals surface area contributed by atoms with Crippen LogP contribution in [0.15, 0.2) is 24.5 Å². The minimum atomic E-state index is -0.969. The Morgan fingerprint density at radius 1 is 1.37 bits per heavy atom. The van der Waals surface area contributed by atoms with E-state index in [9.17, 15) is 14.0 Å². The van der Waals surface area contributed by atoms with E-state index in [1.165, 1.54) is 22.7 Å². The number of rotatable bonds is 5. The molecule has 6 nitrogen and oxygen atoms in total. The quantitative estimate of drug-likeness (QED) is 0.829. The Morgan fingerprint density at radius 3 is 2.89 bits per heavy atom. The normalized spacial score (nSPS) is 10.6. The molecule has 0 saturated heterocycles. The van der Waals surface area contributed by atoms with Crippen LogP contribution in [0.25, 0.3) is 5.65 Å². The topological polar surface area (TPSA) is 83.7 Å². The number of hydrogen-bond donors (Lipinski definition) is 2. The molecular weight excluding hydrogens is 253 g/mol. The largest absolute Gasteiger partial charge is 0.481 e. The van der Waals surface area contributed by atoms with Gasteiger partial charge in [0.2, 0.25) is 5.91 Å². The molecule has 0 aromatic carbocycles. The van der Waals surface area contributed by atoms with Crippen LogP contribution in [0.5, 0.6) is 0 Å². The van der Waals surface area contributed by atoms with Crippen LogP contribution in [0, 0.1) is 5.82 Å². The van der Waals surface area contributed by atoms with Gasteiger partial charge in [0.15, 0.2) is 0 Å². The van der Waals surface area contributed by atoms with Crippen molar-refractivity contribution in [2.45, 2.75) is 12.8 Å². The number of carbonyl (C=O) groups is 2. The number of carbonyl (C=O) groups excluding carboxylic acids is 1. The fourth-order valence-electron chi connectivity index (χ4n) is 1.64. The summed E-state index contributed by atoms with van der Waals surface area (Å²) in [6.07, 6.45) is 2.74. The van der Waals surface area contributed by atoms with E-state index < -0.39 is 5.97 Å². The van der Waals surface area contributed by atoms with Crippen molar-refractivity contribution in [3.05, 3.63) is 36.0 Å². The van der Waals surface area contributed by atoms with Gasteiger partial charge in [0, 0.05) is 18.9 Å². The second-order valence-electron chi connectivity index (χ2n) is 4.02. The first kappa shape index (κ1) is 13.0. The molecule has 0 fully saturated rings.